The van der Waals surface area contributed by atoms with E-state index in [0.29, 0.717) is 5.75 Å². The summed E-state index contributed by atoms with van der Waals surface area (Å²) in [6.45, 7) is 0.0365. The number of aromatic nitrogens is 1. The first-order valence-electron chi connectivity index (χ1n) is 5.71. The summed E-state index contributed by atoms with van der Waals surface area (Å²) in [6.07, 6.45) is 1.88. The van der Waals surface area contributed by atoms with Crippen LogP contribution in [0.2, 0.25) is 0 Å². The second kappa shape index (κ2) is 5.97. The molecule has 1 aromatic heterocycles. The molecule has 0 spiro atoms. The first-order chi connectivity index (χ1) is 9.16. The molecule has 1 unspecified atom stereocenters. The number of carboxylic acids is 1. The molecule has 0 aliphatic carbocycles. The summed E-state index contributed by atoms with van der Waals surface area (Å²) in [4.78, 5) is 14.5. The normalized spacial score (nSPS) is 11.8. The Kier molecular flexibility index (Phi) is 4.10. The maximum absolute atomic E-state index is 10.8. The molecule has 0 amide bonds. The van der Waals surface area contributed by atoms with E-state index in [1.165, 1.54) is 18.5 Å². The van der Waals surface area contributed by atoms with Gasteiger partial charge in [-0.15, -0.1) is 0 Å². The Hall–Kier alpha value is -2.40. The maximum Gasteiger partial charge on any atom is 0.337 e. The van der Waals surface area contributed by atoms with E-state index in [9.17, 15) is 9.90 Å². The average molecular weight is 259 g/mol. The van der Waals surface area contributed by atoms with Gasteiger partial charge in [0.15, 0.2) is 0 Å². The SMILES string of the molecule is O=C(O)c1cncc(OCC(O)c2ccccc2)c1. The van der Waals surface area contributed by atoms with Gasteiger partial charge < -0.3 is 14.9 Å². The molecule has 2 aromatic rings. The summed E-state index contributed by atoms with van der Waals surface area (Å²) >= 11 is 0. The molecule has 5 heteroatoms. The monoisotopic (exact) mass is 259 g/mol. The van der Waals surface area contributed by atoms with Gasteiger partial charge in [-0.3, -0.25) is 4.98 Å². The molecule has 1 atom stereocenters. The molecule has 0 aliphatic rings. The fraction of sp³-hybridized carbons (Fsp3) is 0.143. The van der Waals surface area contributed by atoms with Gasteiger partial charge in [-0.25, -0.2) is 4.79 Å². The highest BCUT2D eigenvalue weighted by Crippen LogP contribution is 2.16. The quantitative estimate of drug-likeness (QED) is 0.857. The number of aliphatic hydroxyl groups is 1. The Morgan fingerprint density at radius 3 is 2.68 bits per heavy atom. The first kappa shape index (κ1) is 13.0. The van der Waals surface area contributed by atoms with Crippen molar-refractivity contribution < 1.29 is 19.7 Å². The predicted molar refractivity (Wildman–Crippen MR) is 68.1 cm³/mol. The van der Waals surface area contributed by atoms with Gasteiger partial charge in [-0.2, -0.15) is 0 Å². The zero-order chi connectivity index (χ0) is 13.7. The Morgan fingerprint density at radius 2 is 2.00 bits per heavy atom. The van der Waals surface area contributed by atoms with E-state index in [4.69, 9.17) is 9.84 Å². The largest absolute Gasteiger partial charge is 0.489 e. The van der Waals surface area contributed by atoms with Crippen LogP contribution in [0, 0.1) is 0 Å². The van der Waals surface area contributed by atoms with Gasteiger partial charge in [0.05, 0.1) is 11.8 Å². The van der Waals surface area contributed by atoms with Gasteiger partial charge in [-0.1, -0.05) is 30.3 Å². The number of pyridine rings is 1. The van der Waals surface area contributed by atoms with Crippen molar-refractivity contribution in [2.24, 2.45) is 0 Å². The lowest BCUT2D eigenvalue weighted by atomic mass is 10.1. The van der Waals surface area contributed by atoms with E-state index in [1.54, 1.807) is 12.1 Å². The number of rotatable bonds is 5. The number of carboxylic acid groups (broad SMARTS) is 1. The van der Waals surface area contributed by atoms with Gasteiger partial charge in [0, 0.05) is 6.20 Å². The molecule has 2 N–H and O–H groups in total. The molecule has 0 saturated heterocycles. The van der Waals surface area contributed by atoms with Crippen LogP contribution in [0.5, 0.6) is 5.75 Å². The van der Waals surface area contributed by atoms with Crippen LogP contribution in [0.4, 0.5) is 0 Å². The molecule has 5 nitrogen and oxygen atoms in total. The Balaban J connectivity index is 1.99. The minimum Gasteiger partial charge on any atom is -0.489 e. The number of nitrogens with zero attached hydrogens (tertiary/aromatic N) is 1. The molecule has 0 saturated carbocycles. The standard InChI is InChI=1S/C14H13NO4/c16-13(10-4-2-1-3-5-10)9-19-12-6-11(14(17)18)7-15-8-12/h1-8,13,16H,9H2,(H,17,18). The molecule has 1 aromatic carbocycles. The molecule has 0 aliphatic heterocycles. The molecule has 0 bridgehead atoms. The minimum absolute atomic E-state index is 0.0365. The van der Waals surface area contributed by atoms with Crippen LogP contribution in [0.15, 0.2) is 48.8 Å². The van der Waals surface area contributed by atoms with Crippen molar-refractivity contribution >= 4 is 5.97 Å². The number of hydrogen-bond acceptors (Lipinski definition) is 4. The summed E-state index contributed by atoms with van der Waals surface area (Å²) < 4.78 is 5.34. The number of aromatic carboxylic acids is 1. The molecule has 98 valence electrons. The summed E-state index contributed by atoms with van der Waals surface area (Å²) in [7, 11) is 0. The highest BCUT2D eigenvalue weighted by atomic mass is 16.5. The fourth-order valence-corrected chi connectivity index (χ4v) is 1.56. The summed E-state index contributed by atoms with van der Waals surface area (Å²) in [5.41, 5.74) is 0.788. The second-order valence-electron chi connectivity index (χ2n) is 3.95. The van der Waals surface area contributed by atoms with Crippen molar-refractivity contribution in [2.45, 2.75) is 6.10 Å². The fourth-order valence-electron chi connectivity index (χ4n) is 1.56. The van der Waals surface area contributed by atoms with Crippen LogP contribution in [-0.2, 0) is 0 Å². The van der Waals surface area contributed by atoms with Crippen LogP contribution in [0.25, 0.3) is 0 Å². The molecule has 2 rings (SSSR count). The van der Waals surface area contributed by atoms with Crippen LogP contribution in [0.3, 0.4) is 0 Å². The van der Waals surface area contributed by atoms with Crippen LogP contribution in [0.1, 0.15) is 22.0 Å². The lowest BCUT2D eigenvalue weighted by molar-refractivity contribution is 0.0695. The maximum atomic E-state index is 10.8. The summed E-state index contributed by atoms with van der Waals surface area (Å²) in [6, 6.07) is 10.5. The third kappa shape index (κ3) is 3.53. The van der Waals surface area contributed by atoms with Crippen molar-refractivity contribution in [3.05, 3.63) is 59.9 Å². The van der Waals surface area contributed by atoms with Crippen LogP contribution in [-0.4, -0.2) is 27.8 Å². The van der Waals surface area contributed by atoms with Gasteiger partial charge in [0.25, 0.3) is 0 Å². The smallest absolute Gasteiger partial charge is 0.337 e. The Labute approximate surface area is 110 Å². The van der Waals surface area contributed by atoms with Crippen molar-refractivity contribution in [1.82, 2.24) is 4.98 Å². The van der Waals surface area contributed by atoms with Crippen molar-refractivity contribution in [2.75, 3.05) is 6.61 Å². The number of ether oxygens (including phenoxy) is 1. The number of aliphatic hydroxyl groups excluding tert-OH is 1. The number of carbonyl (C=O) groups is 1. The van der Waals surface area contributed by atoms with Gasteiger partial charge >= 0.3 is 5.97 Å². The zero-order valence-electron chi connectivity index (χ0n) is 10.1. The molecular weight excluding hydrogens is 246 g/mol. The van der Waals surface area contributed by atoms with Crippen LogP contribution >= 0.6 is 0 Å². The Morgan fingerprint density at radius 1 is 1.26 bits per heavy atom. The highest BCUT2D eigenvalue weighted by Gasteiger charge is 2.09. The molecule has 0 radical (unpaired) electrons. The van der Waals surface area contributed by atoms with E-state index < -0.39 is 12.1 Å². The molecule has 19 heavy (non-hydrogen) atoms. The second-order valence-corrected chi connectivity index (χ2v) is 3.95. The van der Waals surface area contributed by atoms with E-state index in [0.717, 1.165) is 5.56 Å². The van der Waals surface area contributed by atoms with Gasteiger partial charge in [0.2, 0.25) is 0 Å². The van der Waals surface area contributed by atoms with Crippen LogP contribution < -0.4 is 4.74 Å². The topological polar surface area (TPSA) is 79.7 Å². The molecule has 0 fully saturated rings. The van der Waals surface area contributed by atoms with E-state index in [-0.39, 0.29) is 12.2 Å². The van der Waals surface area contributed by atoms with E-state index in [1.807, 2.05) is 18.2 Å². The lowest BCUT2D eigenvalue weighted by Gasteiger charge is -2.12. The minimum atomic E-state index is -1.07. The summed E-state index contributed by atoms with van der Waals surface area (Å²) in [5.74, 6) is -0.753. The molecular formula is C14H13NO4. The van der Waals surface area contributed by atoms with Crippen molar-refractivity contribution in [3.63, 3.8) is 0 Å². The van der Waals surface area contributed by atoms with Crippen molar-refractivity contribution in [1.29, 1.82) is 0 Å². The zero-order valence-corrected chi connectivity index (χ0v) is 10.1. The van der Waals surface area contributed by atoms with E-state index >= 15 is 0 Å². The highest BCUT2D eigenvalue weighted by molar-refractivity contribution is 5.87. The van der Waals surface area contributed by atoms with Crippen molar-refractivity contribution in [3.8, 4) is 5.75 Å². The number of hydrogen-bond donors (Lipinski definition) is 2. The average Bonchev–Trinajstić information content (AvgIpc) is 2.46. The third-order valence-electron chi connectivity index (χ3n) is 2.55. The lowest BCUT2D eigenvalue weighted by Crippen LogP contribution is -2.10. The third-order valence-corrected chi connectivity index (χ3v) is 2.55. The number of benzene rings is 1. The van der Waals surface area contributed by atoms with Gasteiger partial charge in [-0.05, 0) is 11.6 Å². The Bertz CT molecular complexity index is 556. The summed E-state index contributed by atoms with van der Waals surface area (Å²) in [5, 5.41) is 18.7. The first-order valence-corrected chi connectivity index (χ1v) is 5.71. The van der Waals surface area contributed by atoms with Gasteiger partial charge in [0.1, 0.15) is 18.5 Å². The predicted octanol–water partition coefficient (Wildman–Crippen LogP) is 1.89. The van der Waals surface area contributed by atoms with E-state index in [2.05, 4.69) is 4.98 Å². The molecule has 1 heterocycles.